The molecule has 1 aliphatic rings. The lowest BCUT2D eigenvalue weighted by molar-refractivity contribution is 0.329. The van der Waals surface area contributed by atoms with Crippen LogP contribution >= 0.6 is 0 Å². The van der Waals surface area contributed by atoms with Crippen LogP contribution < -0.4 is 0 Å². The Balaban J connectivity index is 2.32. The molecule has 0 bridgehead atoms. The van der Waals surface area contributed by atoms with Crippen LogP contribution in [0.15, 0.2) is 18.2 Å². The first-order valence-corrected chi connectivity index (χ1v) is 5.66. The lowest BCUT2D eigenvalue weighted by Crippen LogP contribution is -2.19. The lowest BCUT2D eigenvalue weighted by Gasteiger charge is -2.16. The maximum atomic E-state index is 13.6. The summed E-state index contributed by atoms with van der Waals surface area (Å²) in [6.07, 6.45) is 2.28. The standard InChI is InChI=1S/C13H14FNO2/c14-11-5-3-4-10(13(11)12(17)9-16)8-15-6-1-2-7-15/h3-5,17H,1-2,6-8H2. The normalized spacial score (nSPS) is 15.8. The Morgan fingerprint density at radius 1 is 1.41 bits per heavy atom. The number of hydrogen-bond acceptors (Lipinski definition) is 3. The molecule has 17 heavy (non-hydrogen) atoms. The van der Waals surface area contributed by atoms with Crippen LogP contribution in [0.5, 0.6) is 0 Å². The molecule has 0 unspecified atom stereocenters. The summed E-state index contributed by atoms with van der Waals surface area (Å²) in [6, 6.07) is 4.54. The van der Waals surface area contributed by atoms with E-state index < -0.39 is 11.6 Å². The molecule has 1 aromatic rings. The first-order valence-electron chi connectivity index (χ1n) is 5.66. The van der Waals surface area contributed by atoms with Crippen LogP contribution in [0.3, 0.4) is 0 Å². The second kappa shape index (κ2) is 5.13. The van der Waals surface area contributed by atoms with Crippen LogP contribution in [-0.4, -0.2) is 29.0 Å². The zero-order valence-corrected chi connectivity index (χ0v) is 9.45. The molecule has 1 aliphatic heterocycles. The molecule has 1 fully saturated rings. The van der Waals surface area contributed by atoms with Crippen molar-refractivity contribution in [3.05, 3.63) is 35.1 Å². The zero-order valence-electron chi connectivity index (χ0n) is 9.45. The molecule has 1 aromatic carbocycles. The van der Waals surface area contributed by atoms with Crippen molar-refractivity contribution in [1.29, 1.82) is 0 Å². The number of aliphatic hydroxyl groups is 1. The quantitative estimate of drug-likeness (QED) is 0.644. The van der Waals surface area contributed by atoms with Crippen molar-refractivity contribution in [2.45, 2.75) is 19.4 Å². The number of likely N-dealkylation sites (tertiary alicyclic amines) is 1. The number of hydrogen-bond donors (Lipinski definition) is 1. The van der Waals surface area contributed by atoms with E-state index in [0.29, 0.717) is 12.1 Å². The maximum Gasteiger partial charge on any atom is 0.211 e. The summed E-state index contributed by atoms with van der Waals surface area (Å²) >= 11 is 0. The monoisotopic (exact) mass is 235 g/mol. The third-order valence-corrected chi connectivity index (χ3v) is 3.03. The van der Waals surface area contributed by atoms with Crippen LogP contribution in [0.1, 0.15) is 24.0 Å². The van der Waals surface area contributed by atoms with Gasteiger partial charge >= 0.3 is 0 Å². The van der Waals surface area contributed by atoms with E-state index in [4.69, 9.17) is 0 Å². The van der Waals surface area contributed by atoms with Gasteiger partial charge in [0.05, 0.1) is 5.56 Å². The van der Waals surface area contributed by atoms with Crippen molar-refractivity contribution in [3.63, 3.8) is 0 Å². The fourth-order valence-electron chi connectivity index (χ4n) is 2.20. The minimum atomic E-state index is -0.655. The molecule has 4 heteroatoms. The topological polar surface area (TPSA) is 40.5 Å². The molecule has 0 radical (unpaired) electrons. The van der Waals surface area contributed by atoms with E-state index in [1.807, 2.05) is 0 Å². The highest BCUT2D eigenvalue weighted by atomic mass is 19.1. The number of nitrogens with zero attached hydrogens (tertiary/aromatic N) is 1. The molecular weight excluding hydrogens is 221 g/mol. The average molecular weight is 235 g/mol. The molecule has 0 aliphatic carbocycles. The number of rotatable bonds is 3. The first-order chi connectivity index (χ1) is 8.22. The van der Waals surface area contributed by atoms with Gasteiger partial charge in [-0.25, -0.2) is 9.18 Å². The molecule has 0 atom stereocenters. The van der Waals surface area contributed by atoms with Crippen LogP contribution in [0, 0.1) is 5.82 Å². The summed E-state index contributed by atoms with van der Waals surface area (Å²) in [5.41, 5.74) is 0.613. The molecule has 3 nitrogen and oxygen atoms in total. The molecule has 1 N–H and O–H groups in total. The third kappa shape index (κ3) is 2.54. The van der Waals surface area contributed by atoms with Crippen molar-refractivity contribution in [2.24, 2.45) is 0 Å². The van der Waals surface area contributed by atoms with Gasteiger partial charge in [-0.3, -0.25) is 4.90 Å². The average Bonchev–Trinajstić information content (AvgIpc) is 2.81. The Labute approximate surface area is 99.2 Å². The summed E-state index contributed by atoms with van der Waals surface area (Å²) in [5.74, 6) is 0.115. The smallest absolute Gasteiger partial charge is 0.211 e. The molecule has 0 amide bonds. The van der Waals surface area contributed by atoms with Gasteiger partial charge in [0.25, 0.3) is 0 Å². The summed E-state index contributed by atoms with van der Waals surface area (Å²) in [6.45, 7) is 2.50. The van der Waals surface area contributed by atoms with Crippen molar-refractivity contribution < 1.29 is 14.3 Å². The van der Waals surface area contributed by atoms with Crippen molar-refractivity contribution in [3.8, 4) is 0 Å². The van der Waals surface area contributed by atoms with Crippen LogP contribution in [0.4, 0.5) is 4.39 Å². The van der Waals surface area contributed by atoms with E-state index in [-0.39, 0.29) is 5.56 Å². The minimum Gasteiger partial charge on any atom is -0.498 e. The molecule has 0 spiro atoms. The van der Waals surface area contributed by atoms with Crippen molar-refractivity contribution >= 4 is 11.7 Å². The Bertz CT molecular complexity index is 460. The van der Waals surface area contributed by atoms with Crippen LogP contribution in [0.2, 0.25) is 0 Å². The molecular formula is C13H14FNO2. The van der Waals surface area contributed by atoms with Gasteiger partial charge < -0.3 is 5.11 Å². The van der Waals surface area contributed by atoms with Gasteiger partial charge in [-0.2, -0.15) is 0 Å². The van der Waals surface area contributed by atoms with E-state index in [1.54, 1.807) is 12.1 Å². The van der Waals surface area contributed by atoms with Gasteiger partial charge in [-0.05, 0) is 37.6 Å². The summed E-state index contributed by atoms with van der Waals surface area (Å²) in [7, 11) is 0. The molecule has 90 valence electrons. The summed E-state index contributed by atoms with van der Waals surface area (Å²) < 4.78 is 13.6. The highest BCUT2D eigenvalue weighted by molar-refractivity contribution is 5.83. The second-order valence-electron chi connectivity index (χ2n) is 4.21. The molecule has 0 aromatic heterocycles. The van der Waals surface area contributed by atoms with Gasteiger partial charge in [0.2, 0.25) is 5.76 Å². The number of halogens is 1. The summed E-state index contributed by atoms with van der Waals surface area (Å²) in [4.78, 5) is 12.6. The molecule has 0 saturated carbocycles. The number of aliphatic hydroxyl groups excluding tert-OH is 1. The fourth-order valence-corrected chi connectivity index (χ4v) is 2.20. The largest absolute Gasteiger partial charge is 0.498 e. The Morgan fingerprint density at radius 3 is 2.76 bits per heavy atom. The zero-order chi connectivity index (χ0) is 12.3. The fraction of sp³-hybridized carbons (Fsp3) is 0.385. The Hall–Kier alpha value is -1.64. The van der Waals surface area contributed by atoms with Gasteiger partial charge in [-0.15, -0.1) is 0 Å². The summed E-state index contributed by atoms with van der Waals surface area (Å²) in [5, 5.41) is 9.40. The van der Waals surface area contributed by atoms with E-state index in [1.165, 1.54) is 12.0 Å². The highest BCUT2D eigenvalue weighted by Gasteiger charge is 2.18. The van der Waals surface area contributed by atoms with Crippen molar-refractivity contribution in [1.82, 2.24) is 4.90 Å². The molecule has 1 heterocycles. The lowest BCUT2D eigenvalue weighted by atomic mass is 10.1. The highest BCUT2D eigenvalue weighted by Crippen LogP contribution is 2.22. The van der Waals surface area contributed by atoms with Gasteiger partial charge in [0.15, 0.2) is 5.94 Å². The minimum absolute atomic E-state index is 0.0191. The van der Waals surface area contributed by atoms with E-state index in [9.17, 15) is 14.3 Å². The van der Waals surface area contributed by atoms with E-state index >= 15 is 0 Å². The number of benzene rings is 1. The van der Waals surface area contributed by atoms with Crippen LogP contribution in [0.25, 0.3) is 5.76 Å². The predicted octanol–water partition coefficient (Wildman–Crippen LogP) is 2.15. The second-order valence-corrected chi connectivity index (χ2v) is 4.21. The third-order valence-electron chi connectivity index (χ3n) is 3.03. The molecule has 1 saturated heterocycles. The van der Waals surface area contributed by atoms with E-state index in [0.717, 1.165) is 25.9 Å². The molecule has 2 rings (SSSR count). The SMILES string of the molecule is O=C=C(O)c1c(F)cccc1CN1CCCC1. The van der Waals surface area contributed by atoms with Crippen LogP contribution in [-0.2, 0) is 11.3 Å². The predicted molar refractivity (Wildman–Crippen MR) is 62.6 cm³/mol. The Morgan fingerprint density at radius 2 is 2.12 bits per heavy atom. The maximum absolute atomic E-state index is 13.6. The van der Waals surface area contributed by atoms with Crippen molar-refractivity contribution in [2.75, 3.05) is 13.1 Å². The number of carbonyl (C=O) groups excluding carboxylic acids is 1. The van der Waals surface area contributed by atoms with E-state index in [2.05, 4.69) is 4.90 Å². The van der Waals surface area contributed by atoms with Gasteiger partial charge in [0.1, 0.15) is 5.82 Å². The van der Waals surface area contributed by atoms with Gasteiger partial charge in [0, 0.05) is 6.54 Å². The first kappa shape index (κ1) is 11.8. The van der Waals surface area contributed by atoms with Gasteiger partial charge in [-0.1, -0.05) is 12.1 Å². The Kier molecular flexibility index (Phi) is 3.57.